The van der Waals surface area contributed by atoms with Gasteiger partial charge in [0, 0.05) is 36.9 Å². The molecule has 1 N–H and O–H groups in total. The molecular formula is C22H27FN4O4S. The van der Waals surface area contributed by atoms with Crippen LogP contribution in [0.3, 0.4) is 0 Å². The standard InChI is InChI=1S/C22H27FN4O4S/c23-14-11-18-19(24-12-14)26(17-7-9-32(31)10-8-17)22(30)27(21(18)29)16-5-3-15(4-6-16)25-20(28)13-1-2-13/h11-13,15-17H,1-10H2,(H,25,28)/t15?,16?,17-,32+. The van der Waals surface area contributed by atoms with Gasteiger partial charge in [0.15, 0.2) is 0 Å². The number of nitrogens with one attached hydrogen (secondary N) is 1. The number of carbonyl (C=O) groups is 1. The van der Waals surface area contributed by atoms with Crippen molar-refractivity contribution in [3.63, 3.8) is 0 Å². The quantitative estimate of drug-likeness (QED) is 0.697. The van der Waals surface area contributed by atoms with Crippen molar-refractivity contribution in [2.75, 3.05) is 11.5 Å². The Bertz CT molecular complexity index is 1150. The number of pyridine rings is 1. The van der Waals surface area contributed by atoms with Gasteiger partial charge in [-0.25, -0.2) is 14.2 Å². The van der Waals surface area contributed by atoms with Gasteiger partial charge in [0.1, 0.15) is 23.0 Å². The smallest absolute Gasteiger partial charge is 0.333 e. The van der Waals surface area contributed by atoms with Crippen LogP contribution >= 0.6 is 0 Å². The maximum Gasteiger partial charge on any atom is 0.333 e. The summed E-state index contributed by atoms with van der Waals surface area (Å²) in [7, 11) is 0. The Morgan fingerprint density at radius 3 is 2.34 bits per heavy atom. The molecule has 0 radical (unpaired) electrons. The first kappa shape index (κ1) is 21.6. The minimum Gasteiger partial charge on any atom is -0.616 e. The topological polar surface area (TPSA) is 109 Å². The number of nitrogens with zero attached hydrogens (tertiary/aromatic N) is 3. The molecule has 2 aromatic rings. The van der Waals surface area contributed by atoms with E-state index in [0.29, 0.717) is 50.0 Å². The molecule has 1 amide bonds. The van der Waals surface area contributed by atoms with Gasteiger partial charge in [-0.3, -0.25) is 18.7 Å². The van der Waals surface area contributed by atoms with E-state index in [1.54, 1.807) is 0 Å². The van der Waals surface area contributed by atoms with E-state index in [2.05, 4.69) is 10.3 Å². The monoisotopic (exact) mass is 462 g/mol. The van der Waals surface area contributed by atoms with Crippen LogP contribution < -0.4 is 16.6 Å². The second kappa shape index (κ2) is 8.62. The lowest BCUT2D eigenvalue weighted by Gasteiger charge is -2.32. The molecular weight excluding hydrogens is 435 g/mol. The zero-order valence-electron chi connectivity index (χ0n) is 17.8. The molecule has 0 aromatic carbocycles. The van der Waals surface area contributed by atoms with Crippen LogP contribution in [0.1, 0.15) is 63.5 Å². The highest BCUT2D eigenvalue weighted by molar-refractivity contribution is 7.91. The van der Waals surface area contributed by atoms with Gasteiger partial charge in [-0.1, -0.05) is 11.2 Å². The zero-order chi connectivity index (χ0) is 22.4. The molecule has 1 aliphatic heterocycles. The molecule has 3 aliphatic rings. The fourth-order valence-electron chi connectivity index (χ4n) is 5.04. The Labute approximate surface area is 187 Å². The molecule has 3 heterocycles. The van der Waals surface area contributed by atoms with Crippen LogP contribution in [0.25, 0.3) is 11.0 Å². The van der Waals surface area contributed by atoms with E-state index in [9.17, 15) is 23.3 Å². The molecule has 32 heavy (non-hydrogen) atoms. The Hall–Kier alpha value is -2.20. The molecule has 2 saturated carbocycles. The molecule has 172 valence electrons. The first-order valence-corrected chi connectivity index (χ1v) is 12.9. The fraction of sp³-hybridized carbons (Fsp3) is 0.636. The molecule has 0 atom stereocenters. The van der Waals surface area contributed by atoms with Crippen LogP contribution in [0.4, 0.5) is 4.39 Å². The van der Waals surface area contributed by atoms with Crippen molar-refractivity contribution >= 4 is 28.1 Å². The molecule has 0 unspecified atom stereocenters. The molecule has 0 bridgehead atoms. The van der Waals surface area contributed by atoms with Crippen LogP contribution in [0.15, 0.2) is 21.9 Å². The van der Waals surface area contributed by atoms with Gasteiger partial charge < -0.3 is 9.87 Å². The molecule has 8 nitrogen and oxygen atoms in total. The summed E-state index contributed by atoms with van der Waals surface area (Å²) in [5.74, 6) is 0.614. The highest BCUT2D eigenvalue weighted by Crippen LogP contribution is 2.32. The lowest BCUT2D eigenvalue weighted by atomic mass is 9.90. The van der Waals surface area contributed by atoms with Crippen molar-refractivity contribution in [1.82, 2.24) is 19.4 Å². The number of hydrogen-bond donors (Lipinski definition) is 1. The van der Waals surface area contributed by atoms with Gasteiger partial charge >= 0.3 is 5.69 Å². The van der Waals surface area contributed by atoms with Gasteiger partial charge in [0.2, 0.25) is 5.91 Å². The van der Waals surface area contributed by atoms with E-state index in [-0.39, 0.29) is 41.0 Å². The number of amides is 1. The van der Waals surface area contributed by atoms with Crippen LogP contribution in [-0.4, -0.2) is 42.1 Å². The molecule has 3 fully saturated rings. The van der Waals surface area contributed by atoms with Crippen LogP contribution in [0, 0.1) is 11.7 Å². The molecule has 0 spiro atoms. The number of aromatic nitrogens is 3. The molecule has 1 saturated heterocycles. The van der Waals surface area contributed by atoms with Gasteiger partial charge in [-0.05, 0) is 44.6 Å². The van der Waals surface area contributed by atoms with E-state index >= 15 is 0 Å². The molecule has 2 aliphatic carbocycles. The van der Waals surface area contributed by atoms with Gasteiger partial charge in [-0.2, -0.15) is 0 Å². The van der Waals surface area contributed by atoms with E-state index < -0.39 is 28.2 Å². The van der Waals surface area contributed by atoms with Crippen molar-refractivity contribution in [2.24, 2.45) is 5.92 Å². The Kier molecular flexibility index (Phi) is 5.83. The van der Waals surface area contributed by atoms with Crippen LogP contribution in [0.5, 0.6) is 0 Å². The predicted molar refractivity (Wildman–Crippen MR) is 119 cm³/mol. The largest absolute Gasteiger partial charge is 0.616 e. The third-order valence-corrected chi connectivity index (χ3v) is 8.38. The lowest BCUT2D eigenvalue weighted by molar-refractivity contribution is -0.123. The van der Waals surface area contributed by atoms with Gasteiger partial charge in [-0.15, -0.1) is 0 Å². The SMILES string of the molecule is O=C(NC1CCC(n2c(=O)c3cc(F)cnc3n([C@H]3CC[S@@+]([O-])CC3)c2=O)CC1)C1CC1. The summed E-state index contributed by atoms with van der Waals surface area (Å²) in [5.41, 5.74) is -0.747. The normalized spacial score (nSPS) is 28.6. The maximum atomic E-state index is 14.0. The summed E-state index contributed by atoms with van der Waals surface area (Å²) in [4.78, 5) is 43.0. The van der Waals surface area contributed by atoms with E-state index in [1.807, 2.05) is 0 Å². The Morgan fingerprint density at radius 2 is 1.69 bits per heavy atom. The third kappa shape index (κ3) is 4.10. The molecule has 10 heteroatoms. The predicted octanol–water partition coefficient (Wildman–Crippen LogP) is 1.79. The Morgan fingerprint density at radius 1 is 1.03 bits per heavy atom. The fourth-order valence-corrected chi connectivity index (χ4v) is 6.31. The van der Waals surface area contributed by atoms with Crippen molar-refractivity contribution < 1.29 is 13.7 Å². The minimum atomic E-state index is -0.900. The lowest BCUT2D eigenvalue weighted by Crippen LogP contribution is -2.47. The molecule has 2 aromatic heterocycles. The van der Waals surface area contributed by atoms with Gasteiger partial charge in [0.05, 0.1) is 11.6 Å². The Balaban J connectivity index is 1.48. The van der Waals surface area contributed by atoms with E-state index in [4.69, 9.17) is 0 Å². The summed E-state index contributed by atoms with van der Waals surface area (Å²) in [5, 5.41) is 3.19. The van der Waals surface area contributed by atoms with Crippen molar-refractivity contribution in [3.05, 3.63) is 38.9 Å². The number of halogens is 1. The number of fused-ring (bicyclic) bond motifs is 1. The first-order valence-electron chi connectivity index (χ1n) is 11.4. The molecule has 5 rings (SSSR count). The average molecular weight is 463 g/mol. The number of rotatable bonds is 4. The van der Waals surface area contributed by atoms with E-state index in [1.165, 1.54) is 9.13 Å². The van der Waals surface area contributed by atoms with Crippen LogP contribution in [-0.2, 0) is 16.0 Å². The second-order valence-corrected chi connectivity index (χ2v) is 10.9. The zero-order valence-corrected chi connectivity index (χ0v) is 18.6. The van der Waals surface area contributed by atoms with Crippen molar-refractivity contribution in [3.8, 4) is 0 Å². The minimum absolute atomic E-state index is 0.0603. The number of hydrogen-bond acceptors (Lipinski definition) is 5. The maximum absolute atomic E-state index is 14.0. The van der Waals surface area contributed by atoms with Gasteiger partial charge in [0.25, 0.3) is 5.56 Å². The summed E-state index contributed by atoms with van der Waals surface area (Å²) in [6.07, 6.45) is 6.60. The highest BCUT2D eigenvalue weighted by atomic mass is 32.2. The third-order valence-electron chi connectivity index (χ3n) is 7.00. The summed E-state index contributed by atoms with van der Waals surface area (Å²) < 4.78 is 28.6. The summed E-state index contributed by atoms with van der Waals surface area (Å²) in [6, 6.07) is 0.687. The van der Waals surface area contributed by atoms with Crippen molar-refractivity contribution in [1.29, 1.82) is 0 Å². The number of carbonyl (C=O) groups excluding carboxylic acids is 1. The second-order valence-electron chi connectivity index (χ2n) is 9.22. The van der Waals surface area contributed by atoms with Crippen molar-refractivity contribution in [2.45, 2.75) is 69.5 Å². The van der Waals surface area contributed by atoms with E-state index in [0.717, 1.165) is 25.1 Å². The summed E-state index contributed by atoms with van der Waals surface area (Å²) >= 11 is -0.900. The van der Waals surface area contributed by atoms with Crippen LogP contribution in [0.2, 0.25) is 0 Å². The average Bonchev–Trinajstić information content (AvgIpc) is 3.62. The highest BCUT2D eigenvalue weighted by Gasteiger charge is 2.34. The first-order chi connectivity index (χ1) is 15.4. The summed E-state index contributed by atoms with van der Waals surface area (Å²) in [6.45, 7) is 0.